The first kappa shape index (κ1) is 32.7. The Morgan fingerprint density at radius 2 is 1.37 bits per heavy atom. The van der Waals surface area contributed by atoms with E-state index >= 15 is 0 Å². The highest BCUT2D eigenvalue weighted by Gasteiger charge is 2.23. The quantitative estimate of drug-likeness (QED) is 0.239. The SMILES string of the molecule is CCC(=O)OC[C@H](C)OC(=O)[C@@H](N)Cc1ccc(OC(=O)OCC(C)(C)C)c(OC(=O)OCC(C)(C)C)c1. The van der Waals surface area contributed by atoms with Crippen LogP contribution in [0.25, 0.3) is 0 Å². The standard InChI is InChI=1S/C27H41NO10/c1-9-22(29)33-14-17(2)36-23(30)19(28)12-18-10-11-20(37-24(31)34-15-26(3,4)5)21(13-18)38-25(32)35-16-27(6,7)8/h10-11,13,17,19H,9,12,14-16,28H2,1-8H3/t17-,19-/m0/s1. The molecule has 11 nitrogen and oxygen atoms in total. The number of esters is 2. The molecule has 0 radical (unpaired) electrons. The number of carbonyl (C=O) groups excluding carboxylic acids is 4. The third-order valence-electron chi connectivity index (χ3n) is 4.48. The van der Waals surface area contributed by atoms with Gasteiger partial charge in [-0.3, -0.25) is 9.59 Å². The van der Waals surface area contributed by atoms with E-state index < -0.39 is 36.4 Å². The predicted octanol–water partition coefficient (Wildman–Crippen LogP) is 4.56. The molecule has 0 aliphatic heterocycles. The van der Waals surface area contributed by atoms with Crippen molar-refractivity contribution in [3.63, 3.8) is 0 Å². The number of benzene rings is 1. The van der Waals surface area contributed by atoms with Gasteiger partial charge >= 0.3 is 24.2 Å². The van der Waals surface area contributed by atoms with E-state index in [1.165, 1.54) is 12.1 Å². The second-order valence-electron chi connectivity index (χ2n) is 11.3. The first-order valence-electron chi connectivity index (χ1n) is 12.4. The maximum absolute atomic E-state index is 12.4. The van der Waals surface area contributed by atoms with Crippen molar-refractivity contribution in [1.29, 1.82) is 0 Å². The van der Waals surface area contributed by atoms with Crippen LogP contribution >= 0.6 is 0 Å². The Labute approximate surface area is 224 Å². The molecular formula is C27H41NO10. The molecule has 1 aromatic rings. The highest BCUT2D eigenvalue weighted by molar-refractivity contribution is 5.76. The zero-order valence-corrected chi connectivity index (χ0v) is 23.6. The molecule has 38 heavy (non-hydrogen) atoms. The van der Waals surface area contributed by atoms with Crippen LogP contribution in [0, 0.1) is 10.8 Å². The van der Waals surface area contributed by atoms with E-state index in [4.69, 9.17) is 34.2 Å². The first-order valence-corrected chi connectivity index (χ1v) is 12.4. The molecule has 0 fully saturated rings. The summed E-state index contributed by atoms with van der Waals surface area (Å²) in [6, 6.07) is 3.29. The Morgan fingerprint density at radius 1 is 0.842 bits per heavy atom. The van der Waals surface area contributed by atoms with Gasteiger partial charge in [-0.1, -0.05) is 54.5 Å². The summed E-state index contributed by atoms with van der Waals surface area (Å²) < 4.78 is 31.0. The minimum atomic E-state index is -1.07. The smallest absolute Gasteiger partial charge is 0.462 e. The van der Waals surface area contributed by atoms with Crippen LogP contribution < -0.4 is 15.2 Å². The summed E-state index contributed by atoms with van der Waals surface area (Å²) in [6.45, 7) is 14.7. The van der Waals surface area contributed by atoms with E-state index in [9.17, 15) is 19.2 Å². The summed E-state index contributed by atoms with van der Waals surface area (Å²) in [7, 11) is 0. The lowest BCUT2D eigenvalue weighted by Gasteiger charge is -2.19. The van der Waals surface area contributed by atoms with Gasteiger partial charge in [0.25, 0.3) is 0 Å². The summed E-state index contributed by atoms with van der Waals surface area (Å²) in [5.74, 6) is -1.31. The van der Waals surface area contributed by atoms with Crippen molar-refractivity contribution >= 4 is 24.2 Å². The number of hydrogen-bond donors (Lipinski definition) is 1. The molecule has 0 unspecified atom stereocenters. The third kappa shape index (κ3) is 13.8. The Balaban J connectivity index is 2.96. The molecule has 1 rings (SSSR count). The largest absolute Gasteiger partial charge is 0.513 e. The predicted molar refractivity (Wildman–Crippen MR) is 138 cm³/mol. The van der Waals surface area contributed by atoms with E-state index in [0.29, 0.717) is 5.56 Å². The van der Waals surface area contributed by atoms with E-state index in [0.717, 1.165) is 0 Å². The van der Waals surface area contributed by atoms with Gasteiger partial charge in [-0.15, -0.1) is 0 Å². The van der Waals surface area contributed by atoms with Crippen LogP contribution in [0.4, 0.5) is 9.59 Å². The minimum Gasteiger partial charge on any atom is -0.462 e. The monoisotopic (exact) mass is 539 g/mol. The number of rotatable bonds is 11. The first-order chi connectivity index (χ1) is 17.5. The lowest BCUT2D eigenvalue weighted by Crippen LogP contribution is -2.37. The van der Waals surface area contributed by atoms with Crippen molar-refractivity contribution < 1.29 is 47.6 Å². The molecule has 0 aromatic heterocycles. The molecule has 0 heterocycles. The molecule has 0 aliphatic rings. The molecule has 11 heteroatoms. The Bertz CT molecular complexity index is 962. The lowest BCUT2D eigenvalue weighted by molar-refractivity contribution is -0.158. The van der Waals surface area contributed by atoms with Gasteiger partial charge < -0.3 is 34.2 Å². The second kappa shape index (κ2) is 14.6. The van der Waals surface area contributed by atoms with Crippen LogP contribution in [0.5, 0.6) is 11.5 Å². The third-order valence-corrected chi connectivity index (χ3v) is 4.48. The van der Waals surface area contributed by atoms with Crippen LogP contribution in [0.1, 0.15) is 67.4 Å². The molecule has 0 spiro atoms. The molecule has 2 N–H and O–H groups in total. The number of ether oxygens (including phenoxy) is 6. The van der Waals surface area contributed by atoms with Gasteiger partial charge in [0, 0.05) is 6.42 Å². The Morgan fingerprint density at radius 3 is 1.87 bits per heavy atom. The van der Waals surface area contributed by atoms with E-state index in [1.54, 1.807) is 19.9 Å². The van der Waals surface area contributed by atoms with E-state index in [2.05, 4.69) is 0 Å². The van der Waals surface area contributed by atoms with Gasteiger partial charge in [0.05, 0.1) is 13.2 Å². The number of nitrogens with two attached hydrogens (primary N) is 1. The maximum atomic E-state index is 12.4. The summed E-state index contributed by atoms with van der Waals surface area (Å²) in [5, 5.41) is 0. The molecule has 214 valence electrons. The summed E-state index contributed by atoms with van der Waals surface area (Å²) >= 11 is 0. The van der Waals surface area contributed by atoms with Gasteiger partial charge in [-0.25, -0.2) is 9.59 Å². The topological polar surface area (TPSA) is 150 Å². The lowest BCUT2D eigenvalue weighted by atomic mass is 9.99. The summed E-state index contributed by atoms with van der Waals surface area (Å²) in [6.07, 6.45) is -2.43. The van der Waals surface area contributed by atoms with E-state index in [1.807, 2.05) is 41.5 Å². The molecule has 1 aromatic carbocycles. The van der Waals surface area contributed by atoms with E-state index in [-0.39, 0.29) is 55.0 Å². The summed E-state index contributed by atoms with van der Waals surface area (Å²) in [5.41, 5.74) is 5.93. The van der Waals surface area contributed by atoms with Crippen molar-refractivity contribution in [2.75, 3.05) is 19.8 Å². The molecule has 0 saturated carbocycles. The maximum Gasteiger partial charge on any atom is 0.513 e. The van der Waals surface area contributed by atoms with Crippen LogP contribution in [-0.4, -0.2) is 56.2 Å². The van der Waals surface area contributed by atoms with Crippen LogP contribution in [0.2, 0.25) is 0 Å². The molecule has 2 atom stereocenters. The summed E-state index contributed by atoms with van der Waals surface area (Å²) in [4.78, 5) is 48.2. The fourth-order valence-electron chi connectivity index (χ4n) is 2.60. The van der Waals surface area contributed by atoms with Crippen molar-refractivity contribution in [2.24, 2.45) is 16.6 Å². The normalized spacial score (nSPS) is 13.1. The average molecular weight is 540 g/mol. The average Bonchev–Trinajstić information content (AvgIpc) is 2.80. The Hall–Kier alpha value is -3.34. The zero-order chi connectivity index (χ0) is 29.1. The van der Waals surface area contributed by atoms with Gasteiger partial charge in [-0.2, -0.15) is 0 Å². The van der Waals surface area contributed by atoms with Crippen molar-refractivity contribution in [3.05, 3.63) is 23.8 Å². The van der Waals surface area contributed by atoms with Crippen LogP contribution in [-0.2, 0) is 35.0 Å². The Kier molecular flexibility index (Phi) is 12.5. The molecular weight excluding hydrogens is 498 g/mol. The van der Waals surface area contributed by atoms with Gasteiger partial charge in [0.1, 0.15) is 18.8 Å². The highest BCUT2D eigenvalue weighted by Crippen LogP contribution is 2.30. The minimum absolute atomic E-state index is 0.0163. The fraction of sp³-hybridized carbons (Fsp3) is 0.630. The van der Waals surface area contributed by atoms with Crippen molar-refractivity contribution in [1.82, 2.24) is 0 Å². The van der Waals surface area contributed by atoms with Crippen LogP contribution in [0.3, 0.4) is 0 Å². The highest BCUT2D eigenvalue weighted by atomic mass is 16.7. The molecule has 0 aliphatic carbocycles. The second-order valence-corrected chi connectivity index (χ2v) is 11.3. The van der Waals surface area contributed by atoms with Gasteiger partial charge in [0.15, 0.2) is 11.5 Å². The molecule has 0 saturated heterocycles. The van der Waals surface area contributed by atoms with Crippen LogP contribution in [0.15, 0.2) is 18.2 Å². The van der Waals surface area contributed by atoms with Gasteiger partial charge in [0.2, 0.25) is 0 Å². The molecule has 0 amide bonds. The molecule has 0 bridgehead atoms. The number of carbonyl (C=O) groups is 4. The van der Waals surface area contributed by atoms with Crippen molar-refractivity contribution in [3.8, 4) is 11.5 Å². The van der Waals surface area contributed by atoms with Gasteiger partial charge in [-0.05, 0) is 41.9 Å². The zero-order valence-electron chi connectivity index (χ0n) is 23.6. The van der Waals surface area contributed by atoms with Crippen molar-refractivity contribution in [2.45, 2.75) is 80.4 Å². The number of hydrogen-bond acceptors (Lipinski definition) is 11. The fourth-order valence-corrected chi connectivity index (χ4v) is 2.60.